The fraction of sp³-hybridized carbons (Fsp3) is 0.727. The van der Waals surface area contributed by atoms with E-state index in [1.54, 1.807) is 18.4 Å². The Morgan fingerprint density at radius 1 is 1.60 bits per heavy atom. The minimum absolute atomic E-state index is 0.318. The maximum atomic E-state index is 9.77. The molecule has 1 heterocycles. The lowest BCUT2D eigenvalue weighted by Gasteiger charge is -2.14. The van der Waals surface area contributed by atoms with Crippen molar-refractivity contribution in [1.29, 1.82) is 0 Å². The van der Waals surface area contributed by atoms with Gasteiger partial charge in [-0.1, -0.05) is 0 Å². The Morgan fingerprint density at radius 2 is 2.47 bits per heavy atom. The average molecular weight is 227 g/mol. The van der Waals surface area contributed by atoms with Gasteiger partial charge in [0, 0.05) is 25.0 Å². The Labute approximate surface area is 94.1 Å². The summed E-state index contributed by atoms with van der Waals surface area (Å²) in [5, 5.41) is 10.9. The number of aliphatic hydroxyl groups excluding tert-OH is 1. The van der Waals surface area contributed by atoms with Crippen molar-refractivity contribution in [3.63, 3.8) is 0 Å². The standard InChI is InChI=1S/C11H17NO2S/c1-14-7-3-6-10-12-11-8(13)4-2-5-9(11)15-10/h8,13H,2-7H2,1H3. The molecular formula is C11H17NO2S. The SMILES string of the molecule is COCCCc1nc2c(s1)CCCC2O. The van der Waals surface area contributed by atoms with E-state index in [0.717, 1.165) is 49.4 Å². The zero-order valence-corrected chi connectivity index (χ0v) is 9.85. The van der Waals surface area contributed by atoms with Gasteiger partial charge in [-0.3, -0.25) is 0 Å². The van der Waals surface area contributed by atoms with E-state index >= 15 is 0 Å². The smallest absolute Gasteiger partial charge is 0.0971 e. The molecule has 1 aromatic heterocycles. The lowest BCUT2D eigenvalue weighted by molar-refractivity contribution is 0.152. The highest BCUT2D eigenvalue weighted by molar-refractivity contribution is 7.11. The van der Waals surface area contributed by atoms with Gasteiger partial charge in [0.15, 0.2) is 0 Å². The van der Waals surface area contributed by atoms with Gasteiger partial charge in [-0.25, -0.2) is 4.98 Å². The van der Waals surface area contributed by atoms with Crippen LogP contribution in [0, 0.1) is 0 Å². The molecule has 84 valence electrons. The third-order valence-electron chi connectivity index (χ3n) is 2.71. The van der Waals surface area contributed by atoms with E-state index in [2.05, 4.69) is 4.98 Å². The van der Waals surface area contributed by atoms with E-state index in [1.165, 1.54) is 4.88 Å². The highest BCUT2D eigenvalue weighted by Gasteiger charge is 2.22. The topological polar surface area (TPSA) is 42.4 Å². The van der Waals surface area contributed by atoms with Crippen LogP contribution in [0.25, 0.3) is 0 Å². The largest absolute Gasteiger partial charge is 0.387 e. The fourth-order valence-electron chi connectivity index (χ4n) is 1.92. The summed E-state index contributed by atoms with van der Waals surface area (Å²) in [7, 11) is 1.72. The molecule has 0 fully saturated rings. The van der Waals surface area contributed by atoms with Gasteiger partial charge in [-0.15, -0.1) is 11.3 Å². The van der Waals surface area contributed by atoms with Crippen LogP contribution in [0.15, 0.2) is 0 Å². The molecule has 0 saturated heterocycles. The number of aromatic nitrogens is 1. The summed E-state index contributed by atoms with van der Waals surface area (Å²) in [6, 6.07) is 0. The summed E-state index contributed by atoms with van der Waals surface area (Å²) in [5.74, 6) is 0. The van der Waals surface area contributed by atoms with Gasteiger partial charge in [-0.2, -0.15) is 0 Å². The molecule has 0 aliphatic heterocycles. The van der Waals surface area contributed by atoms with Gasteiger partial charge in [0.1, 0.15) is 0 Å². The van der Waals surface area contributed by atoms with Crippen LogP contribution >= 0.6 is 11.3 Å². The summed E-state index contributed by atoms with van der Waals surface area (Å²) in [4.78, 5) is 5.81. The number of rotatable bonds is 4. The zero-order valence-electron chi connectivity index (χ0n) is 9.03. The van der Waals surface area contributed by atoms with Crippen molar-refractivity contribution < 1.29 is 9.84 Å². The number of fused-ring (bicyclic) bond motifs is 1. The molecule has 1 aromatic rings. The van der Waals surface area contributed by atoms with Crippen molar-refractivity contribution in [2.24, 2.45) is 0 Å². The minimum Gasteiger partial charge on any atom is -0.387 e. The molecule has 0 radical (unpaired) electrons. The van der Waals surface area contributed by atoms with Gasteiger partial charge in [-0.05, 0) is 25.7 Å². The molecule has 2 rings (SSSR count). The highest BCUT2D eigenvalue weighted by Crippen LogP contribution is 2.33. The Bertz CT molecular complexity index is 324. The van der Waals surface area contributed by atoms with Crippen molar-refractivity contribution in [1.82, 2.24) is 4.98 Å². The third-order valence-corrected chi connectivity index (χ3v) is 3.90. The third kappa shape index (κ3) is 2.56. The molecule has 1 aliphatic carbocycles. The molecule has 3 nitrogen and oxygen atoms in total. The number of hydrogen-bond acceptors (Lipinski definition) is 4. The van der Waals surface area contributed by atoms with E-state index in [9.17, 15) is 5.11 Å². The first-order chi connectivity index (χ1) is 7.31. The van der Waals surface area contributed by atoms with Crippen molar-refractivity contribution in [2.75, 3.05) is 13.7 Å². The predicted octanol–water partition coefficient (Wildman–Crippen LogP) is 2.09. The maximum Gasteiger partial charge on any atom is 0.0971 e. The number of thiazole rings is 1. The van der Waals surface area contributed by atoms with Crippen LogP contribution in [-0.4, -0.2) is 23.8 Å². The summed E-state index contributed by atoms with van der Waals surface area (Å²) in [6.45, 7) is 0.785. The van der Waals surface area contributed by atoms with Gasteiger partial charge in [0.25, 0.3) is 0 Å². The van der Waals surface area contributed by atoms with E-state index in [1.807, 2.05) is 0 Å². The molecule has 1 N–H and O–H groups in total. The molecule has 4 heteroatoms. The van der Waals surface area contributed by atoms with Gasteiger partial charge in [0.2, 0.25) is 0 Å². The summed E-state index contributed by atoms with van der Waals surface area (Å²) < 4.78 is 5.01. The van der Waals surface area contributed by atoms with Crippen molar-refractivity contribution >= 4 is 11.3 Å². The second-order valence-corrected chi connectivity index (χ2v) is 5.09. The van der Waals surface area contributed by atoms with Crippen molar-refractivity contribution in [3.05, 3.63) is 15.6 Å². The first kappa shape index (κ1) is 11.0. The van der Waals surface area contributed by atoms with Gasteiger partial charge in [0.05, 0.1) is 16.8 Å². The molecule has 0 saturated carbocycles. The van der Waals surface area contributed by atoms with E-state index < -0.39 is 0 Å². The number of nitrogens with zero attached hydrogens (tertiary/aromatic N) is 1. The first-order valence-electron chi connectivity index (χ1n) is 5.46. The molecule has 1 unspecified atom stereocenters. The first-order valence-corrected chi connectivity index (χ1v) is 6.28. The van der Waals surface area contributed by atoms with Crippen molar-refractivity contribution in [2.45, 2.75) is 38.2 Å². The number of methoxy groups -OCH3 is 1. The number of aliphatic hydroxyl groups is 1. The lowest BCUT2D eigenvalue weighted by Crippen LogP contribution is -2.07. The normalized spacial score (nSPS) is 20.3. The van der Waals surface area contributed by atoms with Crippen LogP contribution in [0.4, 0.5) is 0 Å². The minimum atomic E-state index is -0.318. The molecule has 0 aromatic carbocycles. The molecule has 0 spiro atoms. The zero-order chi connectivity index (χ0) is 10.7. The second kappa shape index (κ2) is 5.05. The fourth-order valence-corrected chi connectivity index (χ4v) is 3.13. The average Bonchev–Trinajstić information content (AvgIpc) is 2.63. The number of aryl methyl sites for hydroxylation is 2. The quantitative estimate of drug-likeness (QED) is 0.801. The van der Waals surface area contributed by atoms with E-state index in [4.69, 9.17) is 4.74 Å². The molecule has 1 aliphatic rings. The Morgan fingerprint density at radius 3 is 3.20 bits per heavy atom. The Kier molecular flexibility index (Phi) is 3.72. The second-order valence-electron chi connectivity index (χ2n) is 3.92. The van der Waals surface area contributed by atoms with Crippen LogP contribution in [0.5, 0.6) is 0 Å². The molecular weight excluding hydrogens is 210 g/mol. The summed E-state index contributed by atoms with van der Waals surface area (Å²) >= 11 is 1.76. The summed E-state index contributed by atoms with van der Waals surface area (Å²) in [6.07, 6.45) is 4.72. The van der Waals surface area contributed by atoms with Crippen LogP contribution in [0.1, 0.15) is 40.9 Å². The summed E-state index contributed by atoms with van der Waals surface area (Å²) in [5.41, 5.74) is 0.943. The number of ether oxygens (including phenoxy) is 1. The van der Waals surface area contributed by atoms with Crippen LogP contribution in [0.2, 0.25) is 0 Å². The van der Waals surface area contributed by atoms with Crippen LogP contribution in [-0.2, 0) is 17.6 Å². The van der Waals surface area contributed by atoms with E-state index in [-0.39, 0.29) is 6.10 Å². The molecule has 15 heavy (non-hydrogen) atoms. The highest BCUT2D eigenvalue weighted by atomic mass is 32.1. The Hall–Kier alpha value is -0.450. The monoisotopic (exact) mass is 227 g/mol. The maximum absolute atomic E-state index is 9.77. The van der Waals surface area contributed by atoms with Crippen molar-refractivity contribution in [3.8, 4) is 0 Å². The predicted molar refractivity (Wildman–Crippen MR) is 60.2 cm³/mol. The molecule has 0 bridgehead atoms. The molecule has 0 amide bonds. The molecule has 1 atom stereocenters. The number of hydrogen-bond donors (Lipinski definition) is 1. The van der Waals surface area contributed by atoms with E-state index in [0.29, 0.717) is 0 Å². The Balaban J connectivity index is 2.01. The van der Waals surface area contributed by atoms with Crippen LogP contribution < -0.4 is 0 Å². The van der Waals surface area contributed by atoms with Gasteiger partial charge < -0.3 is 9.84 Å². The van der Waals surface area contributed by atoms with Gasteiger partial charge >= 0.3 is 0 Å². The lowest BCUT2D eigenvalue weighted by atomic mass is 10.0. The van der Waals surface area contributed by atoms with Crippen LogP contribution in [0.3, 0.4) is 0 Å².